The van der Waals surface area contributed by atoms with Crippen LogP contribution in [0, 0.1) is 6.92 Å². The molecule has 0 bridgehead atoms. The molecule has 1 saturated heterocycles. The van der Waals surface area contributed by atoms with Crippen molar-refractivity contribution in [2.45, 2.75) is 13.0 Å². The molecular formula is C15H19N5O. The van der Waals surface area contributed by atoms with Gasteiger partial charge in [-0.05, 0) is 26.1 Å². The number of nitrogens with one attached hydrogen (secondary N) is 1. The van der Waals surface area contributed by atoms with Gasteiger partial charge in [-0.15, -0.1) is 0 Å². The Bertz CT molecular complexity index is 608. The summed E-state index contributed by atoms with van der Waals surface area (Å²) in [5.41, 5.74) is 1.56. The highest BCUT2D eigenvalue weighted by molar-refractivity contribution is 5.94. The first kappa shape index (κ1) is 13.8. The zero-order valence-electron chi connectivity index (χ0n) is 12.3. The Morgan fingerprint density at radius 2 is 2.19 bits per heavy atom. The van der Waals surface area contributed by atoms with Gasteiger partial charge in [-0.3, -0.25) is 14.7 Å². The average molecular weight is 285 g/mol. The van der Waals surface area contributed by atoms with E-state index in [1.54, 1.807) is 12.4 Å². The average Bonchev–Trinajstić information content (AvgIpc) is 3.02. The van der Waals surface area contributed by atoms with Gasteiger partial charge in [0.1, 0.15) is 5.82 Å². The SMILES string of the molecule is Cc1ccc(C(=O)N2CCN(C)C(c3ncc[nH]3)C2)cn1. The molecule has 1 unspecified atom stereocenters. The summed E-state index contributed by atoms with van der Waals surface area (Å²) in [5, 5.41) is 0. The molecule has 3 rings (SSSR count). The first-order valence-electron chi connectivity index (χ1n) is 7.06. The minimum absolute atomic E-state index is 0.0344. The maximum absolute atomic E-state index is 12.6. The number of hydrogen-bond donors (Lipinski definition) is 1. The number of imidazole rings is 1. The first-order chi connectivity index (χ1) is 10.1. The minimum Gasteiger partial charge on any atom is -0.347 e. The molecular weight excluding hydrogens is 266 g/mol. The van der Waals surface area contributed by atoms with Crippen LogP contribution in [0.25, 0.3) is 0 Å². The van der Waals surface area contributed by atoms with Gasteiger partial charge in [0.25, 0.3) is 5.91 Å². The van der Waals surface area contributed by atoms with E-state index in [4.69, 9.17) is 0 Å². The molecule has 2 aromatic heterocycles. The van der Waals surface area contributed by atoms with Crippen molar-refractivity contribution < 1.29 is 4.79 Å². The lowest BCUT2D eigenvalue weighted by atomic mass is 10.1. The van der Waals surface area contributed by atoms with Crippen molar-refractivity contribution in [1.82, 2.24) is 24.8 Å². The topological polar surface area (TPSA) is 65.1 Å². The summed E-state index contributed by atoms with van der Waals surface area (Å²) in [4.78, 5) is 28.3. The van der Waals surface area contributed by atoms with E-state index in [0.717, 1.165) is 24.6 Å². The molecule has 1 aliphatic heterocycles. The molecule has 6 nitrogen and oxygen atoms in total. The van der Waals surface area contributed by atoms with Crippen LogP contribution >= 0.6 is 0 Å². The number of hydrogen-bond acceptors (Lipinski definition) is 4. The highest BCUT2D eigenvalue weighted by atomic mass is 16.2. The zero-order valence-corrected chi connectivity index (χ0v) is 12.3. The van der Waals surface area contributed by atoms with Gasteiger partial charge in [-0.25, -0.2) is 4.98 Å². The molecule has 0 saturated carbocycles. The second kappa shape index (κ2) is 5.65. The molecule has 6 heteroatoms. The number of likely N-dealkylation sites (N-methyl/N-ethyl adjacent to an activating group) is 1. The molecule has 1 N–H and O–H groups in total. The van der Waals surface area contributed by atoms with Gasteiger partial charge in [0, 0.05) is 43.9 Å². The van der Waals surface area contributed by atoms with Crippen molar-refractivity contribution in [3.63, 3.8) is 0 Å². The number of amides is 1. The fourth-order valence-corrected chi connectivity index (χ4v) is 2.59. The van der Waals surface area contributed by atoms with Crippen molar-refractivity contribution in [3.05, 3.63) is 47.8 Å². The third-order valence-corrected chi connectivity index (χ3v) is 3.93. The molecule has 1 amide bonds. The highest BCUT2D eigenvalue weighted by Gasteiger charge is 2.30. The van der Waals surface area contributed by atoms with Gasteiger partial charge in [-0.2, -0.15) is 0 Å². The standard InChI is InChI=1S/C15H19N5O/c1-11-3-4-12(9-18-11)15(21)20-8-7-19(2)13(10-20)14-16-5-6-17-14/h3-6,9,13H,7-8,10H2,1-2H3,(H,16,17). The normalized spacial score (nSPS) is 19.7. The number of pyridine rings is 1. The van der Waals surface area contributed by atoms with Crippen LogP contribution < -0.4 is 0 Å². The van der Waals surface area contributed by atoms with Crippen LogP contribution in [0.4, 0.5) is 0 Å². The fraction of sp³-hybridized carbons (Fsp3) is 0.400. The zero-order chi connectivity index (χ0) is 14.8. The molecule has 3 heterocycles. The number of aromatic nitrogens is 3. The van der Waals surface area contributed by atoms with Crippen LogP contribution in [0.15, 0.2) is 30.7 Å². The van der Waals surface area contributed by atoms with Crippen molar-refractivity contribution in [2.24, 2.45) is 0 Å². The van der Waals surface area contributed by atoms with Crippen molar-refractivity contribution in [2.75, 3.05) is 26.7 Å². The van der Waals surface area contributed by atoms with E-state index in [1.807, 2.05) is 30.2 Å². The maximum Gasteiger partial charge on any atom is 0.255 e. The minimum atomic E-state index is 0.0344. The lowest BCUT2D eigenvalue weighted by Crippen LogP contribution is -2.49. The number of aromatic amines is 1. The van der Waals surface area contributed by atoms with E-state index in [1.165, 1.54) is 0 Å². The predicted molar refractivity (Wildman–Crippen MR) is 78.8 cm³/mol. The van der Waals surface area contributed by atoms with E-state index in [2.05, 4.69) is 26.9 Å². The Kier molecular flexibility index (Phi) is 3.70. The summed E-state index contributed by atoms with van der Waals surface area (Å²) in [6, 6.07) is 3.81. The maximum atomic E-state index is 12.6. The van der Waals surface area contributed by atoms with Crippen LogP contribution in [-0.4, -0.2) is 57.3 Å². The summed E-state index contributed by atoms with van der Waals surface area (Å²) in [7, 11) is 2.06. The number of carbonyl (C=O) groups is 1. The van der Waals surface area contributed by atoms with Crippen LogP contribution in [0.2, 0.25) is 0 Å². The molecule has 0 aromatic carbocycles. The van der Waals surface area contributed by atoms with E-state index in [0.29, 0.717) is 12.1 Å². The van der Waals surface area contributed by atoms with Gasteiger partial charge in [0.05, 0.1) is 11.6 Å². The molecule has 110 valence electrons. The quantitative estimate of drug-likeness (QED) is 0.901. The summed E-state index contributed by atoms with van der Waals surface area (Å²) in [6.45, 7) is 4.10. The van der Waals surface area contributed by atoms with Crippen LogP contribution in [-0.2, 0) is 0 Å². The molecule has 0 spiro atoms. The summed E-state index contributed by atoms with van der Waals surface area (Å²) in [6.07, 6.45) is 5.21. The van der Waals surface area contributed by atoms with E-state index in [-0.39, 0.29) is 11.9 Å². The van der Waals surface area contributed by atoms with Gasteiger partial charge < -0.3 is 9.88 Å². The number of rotatable bonds is 2. The number of carbonyl (C=O) groups excluding carboxylic acids is 1. The number of H-pyrrole nitrogens is 1. The fourth-order valence-electron chi connectivity index (χ4n) is 2.59. The molecule has 21 heavy (non-hydrogen) atoms. The van der Waals surface area contributed by atoms with Crippen LogP contribution in [0.5, 0.6) is 0 Å². The number of nitrogens with zero attached hydrogens (tertiary/aromatic N) is 4. The van der Waals surface area contributed by atoms with E-state index in [9.17, 15) is 4.79 Å². The van der Waals surface area contributed by atoms with Gasteiger partial charge in [-0.1, -0.05) is 0 Å². The third kappa shape index (κ3) is 2.80. The Labute approximate surface area is 123 Å². The lowest BCUT2D eigenvalue weighted by Gasteiger charge is -2.38. The first-order valence-corrected chi connectivity index (χ1v) is 7.06. The van der Waals surface area contributed by atoms with E-state index < -0.39 is 0 Å². The van der Waals surface area contributed by atoms with Crippen molar-refractivity contribution >= 4 is 5.91 Å². The van der Waals surface area contributed by atoms with Crippen molar-refractivity contribution in [3.8, 4) is 0 Å². The molecule has 1 atom stereocenters. The Morgan fingerprint density at radius 1 is 1.33 bits per heavy atom. The van der Waals surface area contributed by atoms with Gasteiger partial charge in [0.2, 0.25) is 0 Å². The molecule has 0 radical (unpaired) electrons. The largest absolute Gasteiger partial charge is 0.347 e. The van der Waals surface area contributed by atoms with Crippen molar-refractivity contribution in [1.29, 1.82) is 0 Å². The summed E-state index contributed by atoms with van der Waals surface area (Å²) >= 11 is 0. The van der Waals surface area contributed by atoms with E-state index >= 15 is 0 Å². The number of piperazine rings is 1. The predicted octanol–water partition coefficient (Wildman–Crippen LogP) is 1.24. The molecule has 0 aliphatic carbocycles. The Balaban J connectivity index is 1.77. The third-order valence-electron chi connectivity index (χ3n) is 3.93. The Morgan fingerprint density at radius 3 is 2.86 bits per heavy atom. The molecule has 1 fully saturated rings. The van der Waals surface area contributed by atoms with Gasteiger partial charge >= 0.3 is 0 Å². The molecule has 2 aromatic rings. The summed E-state index contributed by atoms with van der Waals surface area (Å²) in [5.74, 6) is 0.934. The summed E-state index contributed by atoms with van der Waals surface area (Å²) < 4.78 is 0. The smallest absolute Gasteiger partial charge is 0.255 e. The lowest BCUT2D eigenvalue weighted by molar-refractivity contribution is 0.0534. The highest BCUT2D eigenvalue weighted by Crippen LogP contribution is 2.22. The van der Waals surface area contributed by atoms with Crippen LogP contribution in [0.3, 0.4) is 0 Å². The second-order valence-electron chi connectivity index (χ2n) is 5.41. The Hall–Kier alpha value is -2.21. The molecule has 1 aliphatic rings. The monoisotopic (exact) mass is 285 g/mol. The van der Waals surface area contributed by atoms with Crippen LogP contribution in [0.1, 0.15) is 27.9 Å². The number of aryl methyl sites for hydroxylation is 1. The second-order valence-corrected chi connectivity index (χ2v) is 5.41. The van der Waals surface area contributed by atoms with Gasteiger partial charge in [0.15, 0.2) is 0 Å².